The van der Waals surface area contributed by atoms with Crippen molar-refractivity contribution in [1.29, 1.82) is 0 Å². The Morgan fingerprint density at radius 1 is 1.73 bits per heavy atom. The van der Waals surface area contributed by atoms with E-state index in [0.717, 1.165) is 19.4 Å². The van der Waals surface area contributed by atoms with Crippen LogP contribution in [0.25, 0.3) is 0 Å². The first-order valence-electron chi connectivity index (χ1n) is 3.75. The van der Waals surface area contributed by atoms with Gasteiger partial charge in [0.05, 0.1) is 6.10 Å². The van der Waals surface area contributed by atoms with E-state index in [9.17, 15) is 9.90 Å². The van der Waals surface area contributed by atoms with Gasteiger partial charge in [-0.25, -0.2) is 0 Å². The molecule has 0 aliphatic carbocycles. The summed E-state index contributed by atoms with van der Waals surface area (Å²) < 4.78 is 0. The topological polar surface area (TPSA) is 40.5 Å². The summed E-state index contributed by atoms with van der Waals surface area (Å²) in [4.78, 5) is 12.8. The zero-order valence-corrected chi connectivity index (χ0v) is 7.43. The molecule has 1 aliphatic rings. The lowest BCUT2D eigenvalue weighted by molar-refractivity contribution is 0.0917. The predicted octanol–water partition coefficient (Wildman–Crippen LogP) is 0.926. The molecule has 1 rings (SSSR count). The van der Waals surface area contributed by atoms with Gasteiger partial charge < -0.3 is 10.0 Å². The fraction of sp³-hybridized carbons (Fsp3) is 0.857. The molecule has 1 atom stereocenters. The maximum atomic E-state index is 11.1. The molecule has 0 aromatic rings. The van der Waals surface area contributed by atoms with E-state index in [1.54, 1.807) is 11.2 Å². The Morgan fingerprint density at radius 3 is 3.00 bits per heavy atom. The van der Waals surface area contributed by atoms with E-state index in [2.05, 4.69) is 0 Å². The molecule has 11 heavy (non-hydrogen) atoms. The molecule has 0 saturated carbocycles. The van der Waals surface area contributed by atoms with E-state index in [1.807, 2.05) is 0 Å². The zero-order valence-electron chi connectivity index (χ0n) is 6.62. The molecule has 1 amide bonds. The molecule has 4 heteroatoms. The van der Waals surface area contributed by atoms with Crippen LogP contribution in [0.3, 0.4) is 0 Å². The predicted molar refractivity (Wildman–Crippen MR) is 45.7 cm³/mol. The number of carbonyl (C=O) groups is 1. The number of piperidine rings is 1. The van der Waals surface area contributed by atoms with Crippen molar-refractivity contribution < 1.29 is 9.90 Å². The van der Waals surface area contributed by atoms with Crippen molar-refractivity contribution in [3.63, 3.8) is 0 Å². The van der Waals surface area contributed by atoms with Gasteiger partial charge in [0.2, 0.25) is 0 Å². The summed E-state index contributed by atoms with van der Waals surface area (Å²) in [6, 6.07) is 0. The van der Waals surface area contributed by atoms with Gasteiger partial charge in [-0.1, -0.05) is 11.8 Å². The number of likely N-dealkylation sites (tertiary alicyclic amines) is 1. The summed E-state index contributed by atoms with van der Waals surface area (Å²) in [5, 5.41) is 9.29. The highest BCUT2D eigenvalue weighted by atomic mass is 32.2. The lowest BCUT2D eigenvalue weighted by Gasteiger charge is -2.29. The number of aliphatic hydroxyl groups excluding tert-OH is 1. The van der Waals surface area contributed by atoms with Crippen molar-refractivity contribution in [2.75, 3.05) is 19.3 Å². The van der Waals surface area contributed by atoms with Gasteiger partial charge in [0, 0.05) is 13.1 Å². The van der Waals surface area contributed by atoms with Crippen molar-refractivity contribution in [1.82, 2.24) is 4.90 Å². The van der Waals surface area contributed by atoms with Gasteiger partial charge in [-0.15, -0.1) is 0 Å². The van der Waals surface area contributed by atoms with Crippen LogP contribution in [0.5, 0.6) is 0 Å². The molecule has 1 N–H and O–H groups in total. The number of nitrogens with zero attached hydrogens (tertiary/aromatic N) is 1. The summed E-state index contributed by atoms with van der Waals surface area (Å²) >= 11 is 1.21. The monoisotopic (exact) mass is 175 g/mol. The Labute approximate surface area is 70.8 Å². The highest BCUT2D eigenvalue weighted by Crippen LogP contribution is 2.13. The fourth-order valence-electron chi connectivity index (χ4n) is 1.25. The third kappa shape index (κ3) is 2.38. The van der Waals surface area contributed by atoms with Gasteiger partial charge >= 0.3 is 0 Å². The fourth-order valence-corrected chi connectivity index (χ4v) is 1.67. The first-order chi connectivity index (χ1) is 5.24. The Balaban J connectivity index is 2.39. The van der Waals surface area contributed by atoms with Crippen molar-refractivity contribution in [3.8, 4) is 0 Å². The van der Waals surface area contributed by atoms with Crippen LogP contribution >= 0.6 is 11.8 Å². The van der Waals surface area contributed by atoms with Crippen molar-refractivity contribution in [2.45, 2.75) is 18.9 Å². The minimum Gasteiger partial charge on any atom is -0.391 e. The molecule has 1 aliphatic heterocycles. The van der Waals surface area contributed by atoms with E-state index in [-0.39, 0.29) is 11.3 Å². The van der Waals surface area contributed by atoms with Crippen LogP contribution < -0.4 is 0 Å². The first-order valence-corrected chi connectivity index (χ1v) is 4.97. The standard InChI is InChI=1S/C7H13NO2S/c1-11-7(10)8-4-2-3-6(9)5-8/h6,9H,2-5H2,1H3. The van der Waals surface area contributed by atoms with Gasteiger partial charge in [-0.05, 0) is 19.1 Å². The van der Waals surface area contributed by atoms with Gasteiger partial charge in [0.15, 0.2) is 0 Å². The van der Waals surface area contributed by atoms with E-state index in [1.165, 1.54) is 11.8 Å². The van der Waals surface area contributed by atoms with Gasteiger partial charge in [-0.2, -0.15) is 0 Å². The Hall–Kier alpha value is -0.220. The maximum Gasteiger partial charge on any atom is 0.281 e. The van der Waals surface area contributed by atoms with Crippen molar-refractivity contribution >= 4 is 17.0 Å². The highest BCUT2D eigenvalue weighted by Gasteiger charge is 2.20. The number of hydrogen-bond donors (Lipinski definition) is 1. The minimum absolute atomic E-state index is 0.0729. The Bertz CT molecular complexity index is 151. The lowest BCUT2D eigenvalue weighted by atomic mass is 10.1. The second-order valence-electron chi connectivity index (χ2n) is 2.71. The van der Waals surface area contributed by atoms with Crippen LogP contribution in [-0.2, 0) is 0 Å². The molecule has 3 nitrogen and oxygen atoms in total. The Kier molecular flexibility index (Phi) is 3.20. The SMILES string of the molecule is CSC(=O)N1CCCC(O)C1. The van der Waals surface area contributed by atoms with Crippen LogP contribution in [0.1, 0.15) is 12.8 Å². The number of thioether (sulfide) groups is 1. The highest BCUT2D eigenvalue weighted by molar-refractivity contribution is 8.12. The summed E-state index contributed by atoms with van der Waals surface area (Å²) in [7, 11) is 0. The van der Waals surface area contributed by atoms with Crippen LogP contribution in [0.15, 0.2) is 0 Å². The van der Waals surface area contributed by atoms with Crippen LogP contribution in [0.4, 0.5) is 4.79 Å². The van der Waals surface area contributed by atoms with E-state index >= 15 is 0 Å². The maximum absolute atomic E-state index is 11.1. The van der Waals surface area contributed by atoms with E-state index in [0.29, 0.717) is 6.54 Å². The quantitative estimate of drug-likeness (QED) is 0.595. The number of rotatable bonds is 0. The molecule has 0 aromatic heterocycles. The average Bonchev–Trinajstić information content (AvgIpc) is 2.03. The Morgan fingerprint density at radius 2 is 2.45 bits per heavy atom. The molecular formula is C7H13NO2S. The van der Waals surface area contributed by atoms with Crippen molar-refractivity contribution in [2.24, 2.45) is 0 Å². The average molecular weight is 175 g/mol. The normalized spacial score (nSPS) is 25.3. The summed E-state index contributed by atoms with van der Waals surface area (Å²) in [6.45, 7) is 1.32. The smallest absolute Gasteiger partial charge is 0.281 e. The third-order valence-electron chi connectivity index (χ3n) is 1.83. The summed E-state index contributed by atoms with van der Waals surface area (Å²) in [6.07, 6.45) is 3.22. The number of hydrogen-bond acceptors (Lipinski definition) is 3. The van der Waals surface area contributed by atoms with E-state index in [4.69, 9.17) is 0 Å². The molecular weight excluding hydrogens is 162 g/mol. The molecule has 0 spiro atoms. The van der Waals surface area contributed by atoms with Crippen LogP contribution in [0.2, 0.25) is 0 Å². The number of amides is 1. The minimum atomic E-state index is -0.306. The van der Waals surface area contributed by atoms with E-state index < -0.39 is 0 Å². The second-order valence-corrected chi connectivity index (χ2v) is 3.47. The number of carbonyl (C=O) groups excluding carboxylic acids is 1. The molecule has 0 bridgehead atoms. The zero-order chi connectivity index (χ0) is 8.27. The molecule has 1 heterocycles. The lowest BCUT2D eigenvalue weighted by Crippen LogP contribution is -2.40. The van der Waals surface area contributed by atoms with Gasteiger partial charge in [-0.3, -0.25) is 4.79 Å². The molecule has 0 aromatic carbocycles. The molecule has 1 unspecified atom stereocenters. The first kappa shape index (κ1) is 8.87. The molecule has 0 radical (unpaired) electrons. The van der Waals surface area contributed by atoms with Gasteiger partial charge in [0.1, 0.15) is 0 Å². The summed E-state index contributed by atoms with van der Waals surface area (Å²) in [5.41, 5.74) is 0. The van der Waals surface area contributed by atoms with Crippen LogP contribution in [0, 0.1) is 0 Å². The number of β-amino-alcohol motifs (C(OH)–C–C–N with tert-alkyl or cyclic N) is 1. The largest absolute Gasteiger partial charge is 0.391 e. The number of aliphatic hydroxyl groups is 1. The summed E-state index contributed by atoms with van der Waals surface area (Å²) in [5.74, 6) is 0. The third-order valence-corrected chi connectivity index (χ3v) is 2.44. The van der Waals surface area contributed by atoms with Crippen LogP contribution in [-0.4, -0.2) is 40.7 Å². The molecule has 64 valence electrons. The molecule has 1 saturated heterocycles. The molecule has 1 fully saturated rings. The second kappa shape index (κ2) is 3.97. The van der Waals surface area contributed by atoms with Gasteiger partial charge in [0.25, 0.3) is 5.24 Å². The van der Waals surface area contributed by atoms with Crippen molar-refractivity contribution in [3.05, 3.63) is 0 Å².